The van der Waals surface area contributed by atoms with Crippen molar-refractivity contribution in [1.82, 2.24) is 19.9 Å². The van der Waals surface area contributed by atoms with Crippen LogP contribution in [0.15, 0.2) is 49.1 Å². The predicted molar refractivity (Wildman–Crippen MR) is 99.9 cm³/mol. The van der Waals surface area contributed by atoms with Crippen molar-refractivity contribution in [3.8, 4) is 0 Å². The summed E-state index contributed by atoms with van der Waals surface area (Å²) < 4.78 is 2.16. The molecule has 0 aliphatic heterocycles. The molecule has 0 saturated carbocycles. The van der Waals surface area contributed by atoms with Crippen molar-refractivity contribution in [1.29, 1.82) is 0 Å². The van der Waals surface area contributed by atoms with E-state index in [-0.39, 0.29) is 30.5 Å². The number of hydrogen-bond acceptors (Lipinski definition) is 4. The van der Waals surface area contributed by atoms with Gasteiger partial charge in [-0.25, -0.2) is 4.98 Å². The zero-order chi connectivity index (χ0) is 18.5. The molecule has 0 radical (unpaired) electrons. The first kappa shape index (κ1) is 17.6. The van der Waals surface area contributed by atoms with E-state index in [4.69, 9.17) is 0 Å². The first-order chi connectivity index (χ1) is 12.6. The Hall–Kier alpha value is -3.22. The third-order valence-electron chi connectivity index (χ3n) is 4.03. The zero-order valence-corrected chi connectivity index (χ0v) is 14.8. The molecule has 134 valence electrons. The largest absolute Gasteiger partial charge is 0.350 e. The first-order valence-corrected chi connectivity index (χ1v) is 8.50. The minimum atomic E-state index is -0.345. The van der Waals surface area contributed by atoms with E-state index in [0.717, 1.165) is 16.6 Å². The van der Waals surface area contributed by atoms with Gasteiger partial charge in [-0.05, 0) is 32.0 Å². The van der Waals surface area contributed by atoms with E-state index in [1.807, 2.05) is 30.5 Å². The fourth-order valence-corrected chi connectivity index (χ4v) is 2.76. The van der Waals surface area contributed by atoms with Crippen molar-refractivity contribution in [3.63, 3.8) is 0 Å². The van der Waals surface area contributed by atoms with Crippen LogP contribution in [-0.4, -0.2) is 32.9 Å². The molecular weight excluding hydrogens is 330 g/mol. The van der Waals surface area contributed by atoms with Crippen LogP contribution in [0.1, 0.15) is 36.8 Å². The molecule has 0 spiro atoms. The maximum atomic E-state index is 12.2. The lowest BCUT2D eigenvalue weighted by atomic mass is 10.2. The lowest BCUT2D eigenvalue weighted by Crippen LogP contribution is -2.28. The zero-order valence-electron chi connectivity index (χ0n) is 14.8. The molecule has 1 aromatic carbocycles. The van der Waals surface area contributed by atoms with Gasteiger partial charge in [-0.2, -0.15) is 0 Å². The number of amides is 2. The fourth-order valence-electron chi connectivity index (χ4n) is 2.76. The molecule has 3 aromatic rings. The molecule has 2 aromatic heterocycles. The van der Waals surface area contributed by atoms with Gasteiger partial charge < -0.3 is 15.2 Å². The summed E-state index contributed by atoms with van der Waals surface area (Å²) in [5, 5.41) is 6.58. The van der Waals surface area contributed by atoms with Gasteiger partial charge in [0.1, 0.15) is 5.69 Å². The molecule has 0 unspecified atom stereocenters. The molecule has 0 saturated heterocycles. The molecule has 7 heteroatoms. The van der Waals surface area contributed by atoms with Crippen LogP contribution < -0.4 is 10.6 Å². The van der Waals surface area contributed by atoms with E-state index in [1.165, 1.54) is 18.6 Å². The molecule has 2 heterocycles. The molecule has 2 N–H and O–H groups in total. The maximum absolute atomic E-state index is 12.2. The summed E-state index contributed by atoms with van der Waals surface area (Å²) in [4.78, 5) is 31.9. The summed E-state index contributed by atoms with van der Waals surface area (Å²) in [6.45, 7) is 4.46. The Morgan fingerprint density at radius 3 is 2.77 bits per heavy atom. The standard InChI is InChI=1S/C19H21N5O2/c1-13(2)24-11-7-14-15(4-3-5-17(14)24)23-18(25)6-8-22-19(26)16-12-20-9-10-21-16/h3-5,7,9-13H,6,8H2,1-2H3,(H,22,26)(H,23,25). The van der Waals surface area contributed by atoms with Crippen molar-refractivity contribution in [2.45, 2.75) is 26.3 Å². The Bertz CT molecular complexity index is 918. The van der Waals surface area contributed by atoms with Crippen molar-refractivity contribution >= 4 is 28.4 Å². The van der Waals surface area contributed by atoms with Crippen LogP contribution >= 0.6 is 0 Å². The lowest BCUT2D eigenvalue weighted by Gasteiger charge is -2.11. The highest BCUT2D eigenvalue weighted by Crippen LogP contribution is 2.26. The van der Waals surface area contributed by atoms with E-state index in [1.54, 1.807) is 0 Å². The normalized spacial score (nSPS) is 10.9. The van der Waals surface area contributed by atoms with Crippen molar-refractivity contribution < 1.29 is 9.59 Å². The molecule has 26 heavy (non-hydrogen) atoms. The maximum Gasteiger partial charge on any atom is 0.271 e. The predicted octanol–water partition coefficient (Wildman–Crippen LogP) is 2.77. The van der Waals surface area contributed by atoms with Crippen LogP contribution in [0.4, 0.5) is 5.69 Å². The van der Waals surface area contributed by atoms with Gasteiger partial charge in [0, 0.05) is 43.0 Å². The number of nitrogens with one attached hydrogen (secondary N) is 2. The van der Waals surface area contributed by atoms with E-state index >= 15 is 0 Å². The molecule has 7 nitrogen and oxygen atoms in total. The van der Waals surface area contributed by atoms with Gasteiger partial charge in [-0.3, -0.25) is 14.6 Å². The SMILES string of the molecule is CC(C)n1ccc2c(NC(=O)CCNC(=O)c3cnccn3)cccc21. The summed E-state index contributed by atoms with van der Waals surface area (Å²) in [5.41, 5.74) is 2.08. The van der Waals surface area contributed by atoms with Crippen LogP contribution in [0.3, 0.4) is 0 Å². The summed E-state index contributed by atoms with van der Waals surface area (Å²) in [7, 11) is 0. The van der Waals surface area contributed by atoms with Crippen LogP contribution in [-0.2, 0) is 4.79 Å². The van der Waals surface area contributed by atoms with Gasteiger partial charge in [0.15, 0.2) is 0 Å². The topological polar surface area (TPSA) is 88.9 Å². The van der Waals surface area contributed by atoms with Crippen LogP contribution in [0.25, 0.3) is 10.9 Å². The van der Waals surface area contributed by atoms with Crippen molar-refractivity contribution in [2.24, 2.45) is 0 Å². The number of carbonyl (C=O) groups is 2. The molecule has 2 amide bonds. The van der Waals surface area contributed by atoms with E-state index in [2.05, 4.69) is 39.0 Å². The minimum Gasteiger partial charge on any atom is -0.350 e. The Kier molecular flexibility index (Phi) is 5.26. The van der Waals surface area contributed by atoms with Gasteiger partial charge in [0.05, 0.1) is 17.4 Å². The quantitative estimate of drug-likeness (QED) is 0.715. The van der Waals surface area contributed by atoms with Crippen LogP contribution in [0.5, 0.6) is 0 Å². The Balaban J connectivity index is 1.59. The summed E-state index contributed by atoms with van der Waals surface area (Å²) in [6.07, 6.45) is 6.53. The number of aromatic nitrogens is 3. The molecular formula is C19H21N5O2. The van der Waals surface area contributed by atoms with Crippen LogP contribution in [0, 0.1) is 0 Å². The van der Waals surface area contributed by atoms with Gasteiger partial charge >= 0.3 is 0 Å². The smallest absolute Gasteiger partial charge is 0.271 e. The Morgan fingerprint density at radius 2 is 2.04 bits per heavy atom. The highest BCUT2D eigenvalue weighted by atomic mass is 16.2. The van der Waals surface area contributed by atoms with Gasteiger partial charge in [0.2, 0.25) is 5.91 Å². The van der Waals surface area contributed by atoms with E-state index in [0.29, 0.717) is 6.04 Å². The number of anilines is 1. The summed E-state index contributed by atoms with van der Waals surface area (Å²) in [5.74, 6) is -0.503. The number of nitrogens with zero attached hydrogens (tertiary/aromatic N) is 3. The van der Waals surface area contributed by atoms with Gasteiger partial charge in [0.25, 0.3) is 5.91 Å². The average Bonchev–Trinajstić information content (AvgIpc) is 3.08. The highest BCUT2D eigenvalue weighted by molar-refractivity contribution is 6.01. The lowest BCUT2D eigenvalue weighted by molar-refractivity contribution is -0.116. The van der Waals surface area contributed by atoms with Gasteiger partial charge in [-0.1, -0.05) is 6.07 Å². The first-order valence-electron chi connectivity index (χ1n) is 8.50. The second-order valence-corrected chi connectivity index (χ2v) is 6.20. The Labute approximate surface area is 151 Å². The minimum absolute atomic E-state index is 0.158. The molecule has 0 aliphatic carbocycles. The Morgan fingerprint density at radius 1 is 1.19 bits per heavy atom. The van der Waals surface area contributed by atoms with Gasteiger partial charge in [-0.15, -0.1) is 0 Å². The second kappa shape index (κ2) is 7.77. The third kappa shape index (κ3) is 3.88. The highest BCUT2D eigenvalue weighted by Gasteiger charge is 2.11. The van der Waals surface area contributed by atoms with E-state index < -0.39 is 0 Å². The number of benzene rings is 1. The van der Waals surface area contributed by atoms with Crippen molar-refractivity contribution in [2.75, 3.05) is 11.9 Å². The van der Waals surface area contributed by atoms with E-state index in [9.17, 15) is 9.59 Å². The fraction of sp³-hybridized carbons (Fsp3) is 0.263. The monoisotopic (exact) mass is 351 g/mol. The molecule has 0 bridgehead atoms. The van der Waals surface area contributed by atoms with Crippen molar-refractivity contribution in [3.05, 3.63) is 54.7 Å². The molecule has 0 aliphatic rings. The summed E-state index contributed by atoms with van der Waals surface area (Å²) >= 11 is 0. The number of carbonyl (C=O) groups excluding carboxylic acids is 2. The third-order valence-corrected chi connectivity index (χ3v) is 4.03. The number of hydrogen-bond donors (Lipinski definition) is 2. The number of rotatable bonds is 6. The number of fused-ring (bicyclic) bond motifs is 1. The molecule has 0 atom stereocenters. The molecule has 0 fully saturated rings. The molecule has 3 rings (SSSR count). The second-order valence-electron chi connectivity index (χ2n) is 6.20. The van der Waals surface area contributed by atoms with Crippen LogP contribution in [0.2, 0.25) is 0 Å². The average molecular weight is 351 g/mol. The summed E-state index contributed by atoms with van der Waals surface area (Å²) in [6, 6.07) is 8.18.